The number of benzene rings is 1. The fraction of sp³-hybridized carbons (Fsp3) is 0.294. The third-order valence-corrected chi connectivity index (χ3v) is 6.15. The average Bonchev–Trinajstić information content (AvgIpc) is 3.24. The molecule has 1 amide bonds. The number of amides is 1. The van der Waals surface area contributed by atoms with Gasteiger partial charge in [-0.15, -0.1) is 0 Å². The number of alkyl halides is 3. The van der Waals surface area contributed by atoms with E-state index in [0.29, 0.717) is 0 Å². The van der Waals surface area contributed by atoms with Crippen LogP contribution < -0.4 is 10.8 Å². The normalized spacial score (nSPS) is 22.0. The molecule has 12 heteroatoms. The molecule has 4 rings (SSSR count). The van der Waals surface area contributed by atoms with Gasteiger partial charge >= 0.3 is 6.18 Å². The Bertz CT molecular complexity index is 973. The predicted octanol–water partition coefficient (Wildman–Crippen LogP) is 3.83. The van der Waals surface area contributed by atoms with Crippen molar-refractivity contribution in [2.45, 2.75) is 17.8 Å². The van der Waals surface area contributed by atoms with Crippen LogP contribution in [0.2, 0.25) is 10.0 Å². The van der Waals surface area contributed by atoms with Crippen molar-refractivity contribution in [3.63, 3.8) is 0 Å². The van der Waals surface area contributed by atoms with Crippen LogP contribution in [0.4, 0.5) is 13.2 Å². The van der Waals surface area contributed by atoms with Crippen molar-refractivity contribution in [1.29, 1.82) is 0 Å². The Hall–Kier alpha value is -1.88. The zero-order chi connectivity index (χ0) is 20.8. The molecular weight excluding hydrogens is 452 g/mol. The van der Waals surface area contributed by atoms with Crippen LogP contribution >= 0.6 is 35.0 Å². The zero-order valence-electron chi connectivity index (χ0n) is 14.5. The molecule has 0 saturated carbocycles. The highest BCUT2D eigenvalue weighted by molar-refractivity contribution is 8.00. The molecular formula is C17H13Cl2F3N4O2S. The Morgan fingerprint density at radius 1 is 1.31 bits per heavy atom. The molecule has 2 aliphatic rings. The van der Waals surface area contributed by atoms with Crippen LogP contribution in [0, 0.1) is 0 Å². The first-order valence-corrected chi connectivity index (χ1v) is 10.2. The van der Waals surface area contributed by atoms with Crippen molar-refractivity contribution in [3.8, 4) is 0 Å². The van der Waals surface area contributed by atoms with Crippen LogP contribution in [-0.2, 0) is 10.4 Å². The first-order chi connectivity index (χ1) is 13.7. The molecule has 6 nitrogen and oxygen atoms in total. The summed E-state index contributed by atoms with van der Waals surface area (Å²) in [4.78, 5) is 17.2. The van der Waals surface area contributed by atoms with Gasteiger partial charge in [-0.1, -0.05) is 23.2 Å². The van der Waals surface area contributed by atoms with Crippen LogP contribution in [0.15, 0.2) is 36.7 Å². The van der Waals surface area contributed by atoms with Gasteiger partial charge in [0, 0.05) is 45.4 Å². The second-order valence-electron chi connectivity index (χ2n) is 6.51. The monoisotopic (exact) mass is 464 g/mol. The maximum absolute atomic E-state index is 14.0. The molecule has 0 spiro atoms. The molecule has 2 aliphatic heterocycles. The van der Waals surface area contributed by atoms with E-state index in [1.807, 2.05) is 0 Å². The van der Waals surface area contributed by atoms with E-state index in [1.54, 1.807) is 11.8 Å². The van der Waals surface area contributed by atoms with Gasteiger partial charge in [-0.2, -0.15) is 30.0 Å². The molecule has 1 atom stereocenters. The molecule has 0 radical (unpaired) electrons. The second-order valence-corrected chi connectivity index (χ2v) is 8.45. The minimum atomic E-state index is -4.83. The van der Waals surface area contributed by atoms with Crippen LogP contribution in [0.1, 0.15) is 15.9 Å². The van der Waals surface area contributed by atoms with E-state index in [1.165, 1.54) is 18.5 Å². The molecule has 3 heterocycles. The van der Waals surface area contributed by atoms with E-state index in [9.17, 15) is 18.0 Å². The van der Waals surface area contributed by atoms with Crippen LogP contribution in [-0.4, -0.2) is 39.4 Å². The first-order valence-electron chi connectivity index (χ1n) is 8.32. The van der Waals surface area contributed by atoms with Crippen molar-refractivity contribution in [3.05, 3.63) is 57.8 Å². The van der Waals surface area contributed by atoms with E-state index in [4.69, 9.17) is 28.0 Å². The summed E-state index contributed by atoms with van der Waals surface area (Å²) in [5.41, 5.74) is -0.653. The first kappa shape index (κ1) is 20.4. The molecule has 0 bridgehead atoms. The van der Waals surface area contributed by atoms with Crippen molar-refractivity contribution in [2.75, 3.05) is 11.5 Å². The van der Waals surface area contributed by atoms with Gasteiger partial charge in [-0.25, -0.2) is 15.0 Å². The fourth-order valence-electron chi connectivity index (χ4n) is 2.87. The lowest BCUT2D eigenvalue weighted by Gasteiger charge is -2.28. The molecule has 1 saturated heterocycles. The van der Waals surface area contributed by atoms with Crippen LogP contribution in [0.3, 0.4) is 0 Å². The van der Waals surface area contributed by atoms with Gasteiger partial charge in [0.25, 0.3) is 5.91 Å². The molecule has 1 fully saturated rings. The Morgan fingerprint density at radius 2 is 2.00 bits per heavy atom. The zero-order valence-corrected chi connectivity index (χ0v) is 16.8. The summed E-state index contributed by atoms with van der Waals surface area (Å²) in [6.07, 6.45) is -1.41. The maximum atomic E-state index is 14.0. The van der Waals surface area contributed by atoms with E-state index in [-0.39, 0.29) is 38.9 Å². The highest BCUT2D eigenvalue weighted by Crippen LogP contribution is 2.47. The Labute approximate surface area is 177 Å². The number of carbonyl (C=O) groups excluding carboxylic acids is 1. The maximum Gasteiger partial charge on any atom is 0.428 e. The molecule has 1 aromatic carbocycles. The highest BCUT2D eigenvalue weighted by atomic mass is 35.5. The molecule has 29 heavy (non-hydrogen) atoms. The van der Waals surface area contributed by atoms with Gasteiger partial charge < -0.3 is 5.32 Å². The molecule has 0 aliphatic carbocycles. The number of carbonyl (C=O) groups is 1. The molecule has 2 aromatic rings. The summed E-state index contributed by atoms with van der Waals surface area (Å²) in [6.45, 7) is 0. The molecule has 1 aromatic heterocycles. The fourth-order valence-corrected chi connectivity index (χ4v) is 4.03. The lowest BCUT2D eigenvalue weighted by atomic mass is 9.93. The molecule has 1 unspecified atom stereocenters. The summed E-state index contributed by atoms with van der Waals surface area (Å²) < 4.78 is 43.1. The lowest BCUT2D eigenvalue weighted by Crippen LogP contribution is -2.43. The predicted molar refractivity (Wildman–Crippen MR) is 103 cm³/mol. The molecule has 2 N–H and O–H groups in total. The Balaban J connectivity index is 1.66. The Kier molecular flexibility index (Phi) is 5.22. The number of rotatable bonds is 4. The van der Waals surface area contributed by atoms with E-state index in [2.05, 4.69) is 15.9 Å². The average molecular weight is 465 g/mol. The van der Waals surface area contributed by atoms with Gasteiger partial charge in [-0.3, -0.25) is 4.79 Å². The SMILES string of the molecule is O=C(NC1CSC1)c1cnn(C2=CC(c3cc(Cl)cc(Cl)c3)(C(F)(F)F)ON2)c1. The summed E-state index contributed by atoms with van der Waals surface area (Å²) in [5, 5.41) is 6.86. The summed E-state index contributed by atoms with van der Waals surface area (Å²) in [5.74, 6) is 1.22. The summed E-state index contributed by atoms with van der Waals surface area (Å²) in [7, 11) is 0. The highest BCUT2D eigenvalue weighted by Gasteiger charge is 2.60. The largest absolute Gasteiger partial charge is 0.428 e. The number of hydroxylamine groups is 1. The second kappa shape index (κ2) is 7.42. The van der Waals surface area contributed by atoms with Gasteiger partial charge in [0.1, 0.15) is 0 Å². The van der Waals surface area contributed by atoms with Crippen LogP contribution in [0.5, 0.6) is 0 Å². The quantitative estimate of drug-likeness (QED) is 0.719. The van der Waals surface area contributed by atoms with E-state index in [0.717, 1.165) is 34.4 Å². The smallest absolute Gasteiger partial charge is 0.348 e. The van der Waals surface area contributed by atoms with Gasteiger partial charge in [-0.05, 0) is 18.2 Å². The van der Waals surface area contributed by atoms with Crippen molar-refractivity contribution in [2.24, 2.45) is 0 Å². The summed E-state index contributed by atoms with van der Waals surface area (Å²) in [6, 6.07) is 3.66. The lowest BCUT2D eigenvalue weighted by molar-refractivity contribution is -0.269. The standard InChI is InChI=1S/C17H13Cl2F3N4O2S/c18-11-1-10(2-12(19)3-11)16(17(20,21)22)4-14(25-28-16)26-6-9(5-23-26)15(27)24-13-7-29-8-13/h1-6,13,25H,7-8H2,(H,24,27). The number of nitrogens with one attached hydrogen (secondary N) is 2. The topological polar surface area (TPSA) is 68.2 Å². The summed E-state index contributed by atoms with van der Waals surface area (Å²) >= 11 is 13.5. The number of hydrogen-bond donors (Lipinski definition) is 2. The van der Waals surface area contributed by atoms with Gasteiger partial charge in [0.2, 0.25) is 5.60 Å². The number of aromatic nitrogens is 2. The van der Waals surface area contributed by atoms with Crippen LogP contribution in [0.25, 0.3) is 5.82 Å². The number of thioether (sulfide) groups is 1. The minimum Gasteiger partial charge on any atom is -0.348 e. The van der Waals surface area contributed by atoms with Crippen molar-refractivity contribution >= 4 is 46.7 Å². The number of halogens is 5. The number of nitrogens with zero attached hydrogens (tertiary/aromatic N) is 2. The third kappa shape index (κ3) is 3.81. The minimum absolute atomic E-state index is 0.0359. The van der Waals surface area contributed by atoms with Gasteiger partial charge in [0.05, 0.1) is 11.8 Å². The van der Waals surface area contributed by atoms with E-state index >= 15 is 0 Å². The van der Waals surface area contributed by atoms with Crippen molar-refractivity contribution in [1.82, 2.24) is 20.6 Å². The van der Waals surface area contributed by atoms with E-state index < -0.39 is 11.8 Å². The van der Waals surface area contributed by atoms with Crippen molar-refractivity contribution < 1.29 is 22.8 Å². The molecule has 154 valence electrons. The number of hydrogen-bond acceptors (Lipinski definition) is 5. The van der Waals surface area contributed by atoms with Gasteiger partial charge in [0.15, 0.2) is 5.82 Å². The Morgan fingerprint density at radius 3 is 2.59 bits per heavy atom. The third-order valence-electron chi connectivity index (χ3n) is 4.43.